The molecule has 0 aliphatic carbocycles. The summed E-state index contributed by atoms with van der Waals surface area (Å²) in [5, 5.41) is 0. The van der Waals surface area contributed by atoms with Gasteiger partial charge in [0.25, 0.3) is 11.8 Å². The maximum absolute atomic E-state index is 12.4. The summed E-state index contributed by atoms with van der Waals surface area (Å²) in [5.74, 6) is -2.42. The molecule has 22 heavy (non-hydrogen) atoms. The molecule has 6 heteroatoms. The zero-order chi connectivity index (χ0) is 16.4. The number of ketones is 1. The van der Waals surface area contributed by atoms with Crippen molar-refractivity contribution in [1.82, 2.24) is 4.90 Å². The number of imide groups is 1. The van der Waals surface area contributed by atoms with E-state index in [-0.39, 0.29) is 29.4 Å². The number of ether oxygens (including phenoxy) is 1. The lowest BCUT2D eigenvalue weighted by Crippen LogP contribution is -2.48. The molecule has 1 aliphatic heterocycles. The molecular weight excluding hydrogens is 286 g/mol. The van der Waals surface area contributed by atoms with Gasteiger partial charge in [0.2, 0.25) is 0 Å². The number of hydrogen-bond donors (Lipinski definition) is 0. The van der Waals surface area contributed by atoms with Crippen molar-refractivity contribution in [3.8, 4) is 0 Å². The quantitative estimate of drug-likeness (QED) is 0.607. The molecule has 6 nitrogen and oxygen atoms in total. The monoisotopic (exact) mass is 303 g/mol. The summed E-state index contributed by atoms with van der Waals surface area (Å²) in [6.45, 7) is 4.34. The number of carbonyl (C=O) groups is 4. The van der Waals surface area contributed by atoms with E-state index in [0.717, 1.165) is 4.90 Å². The second-order valence-electron chi connectivity index (χ2n) is 5.52. The van der Waals surface area contributed by atoms with Gasteiger partial charge in [-0.2, -0.15) is 0 Å². The van der Waals surface area contributed by atoms with E-state index in [1.54, 1.807) is 38.1 Å². The maximum atomic E-state index is 12.4. The third-order valence-corrected chi connectivity index (χ3v) is 3.39. The number of benzene rings is 1. The van der Waals surface area contributed by atoms with Crippen LogP contribution in [0.2, 0.25) is 0 Å². The zero-order valence-corrected chi connectivity index (χ0v) is 12.7. The second-order valence-corrected chi connectivity index (χ2v) is 5.52. The predicted molar refractivity (Wildman–Crippen MR) is 77.2 cm³/mol. The van der Waals surface area contributed by atoms with Crippen molar-refractivity contribution in [3.05, 3.63) is 35.4 Å². The van der Waals surface area contributed by atoms with E-state index in [1.807, 2.05) is 0 Å². The highest BCUT2D eigenvalue weighted by Gasteiger charge is 2.44. The van der Waals surface area contributed by atoms with E-state index in [1.165, 1.54) is 6.92 Å². The average molecular weight is 303 g/mol. The number of Topliss-reactive ketones (excluding diaryl/α,β-unsaturated/α-hetero) is 1. The van der Waals surface area contributed by atoms with Gasteiger partial charge in [0.15, 0.2) is 5.78 Å². The Morgan fingerprint density at radius 1 is 1.09 bits per heavy atom. The van der Waals surface area contributed by atoms with Crippen molar-refractivity contribution >= 4 is 23.6 Å². The minimum absolute atomic E-state index is 0.275. The third-order valence-electron chi connectivity index (χ3n) is 3.39. The molecule has 0 spiro atoms. The standard InChI is InChI=1S/C16H17NO5/c1-9(2)13(16(21)22-8-10(3)18)17-14(19)11-6-4-5-7-12(11)15(17)20/h4-7,9,13H,8H2,1-3H3/t13-/m1/s1. The molecule has 1 aromatic rings. The summed E-state index contributed by atoms with van der Waals surface area (Å²) in [4.78, 5) is 48.9. The van der Waals surface area contributed by atoms with Crippen LogP contribution in [0.5, 0.6) is 0 Å². The Labute approximate surface area is 128 Å². The Bertz CT molecular complexity index is 615. The average Bonchev–Trinajstić information content (AvgIpc) is 2.71. The normalized spacial score (nSPS) is 15.0. The maximum Gasteiger partial charge on any atom is 0.330 e. The topological polar surface area (TPSA) is 80.8 Å². The fourth-order valence-corrected chi connectivity index (χ4v) is 2.39. The van der Waals surface area contributed by atoms with Crippen LogP contribution in [0.25, 0.3) is 0 Å². The van der Waals surface area contributed by atoms with Crippen molar-refractivity contribution in [2.45, 2.75) is 26.8 Å². The van der Waals surface area contributed by atoms with Crippen LogP contribution in [0, 0.1) is 5.92 Å². The van der Waals surface area contributed by atoms with Crippen LogP contribution in [0.15, 0.2) is 24.3 Å². The van der Waals surface area contributed by atoms with E-state index < -0.39 is 23.8 Å². The van der Waals surface area contributed by atoms with E-state index in [9.17, 15) is 19.2 Å². The Morgan fingerprint density at radius 2 is 1.59 bits per heavy atom. The number of rotatable bonds is 5. The summed E-state index contributed by atoms with van der Waals surface area (Å²) < 4.78 is 4.90. The lowest BCUT2D eigenvalue weighted by atomic mass is 10.0. The van der Waals surface area contributed by atoms with Gasteiger partial charge in [0, 0.05) is 0 Å². The molecule has 0 N–H and O–H groups in total. The molecule has 0 saturated heterocycles. The summed E-state index contributed by atoms with van der Waals surface area (Å²) in [7, 11) is 0. The van der Waals surface area contributed by atoms with Crippen molar-refractivity contribution in [1.29, 1.82) is 0 Å². The second kappa shape index (κ2) is 6.09. The first-order valence-electron chi connectivity index (χ1n) is 6.97. The smallest absolute Gasteiger partial charge is 0.330 e. The van der Waals surface area contributed by atoms with Gasteiger partial charge in [-0.3, -0.25) is 19.3 Å². The molecule has 1 aromatic carbocycles. The first-order valence-corrected chi connectivity index (χ1v) is 6.97. The molecule has 0 bridgehead atoms. The van der Waals surface area contributed by atoms with E-state index in [0.29, 0.717) is 0 Å². The van der Waals surface area contributed by atoms with Gasteiger partial charge in [-0.25, -0.2) is 4.79 Å². The SMILES string of the molecule is CC(=O)COC(=O)[C@@H](C(C)C)N1C(=O)c2ccccc2C1=O. The van der Waals surface area contributed by atoms with Gasteiger partial charge in [-0.15, -0.1) is 0 Å². The summed E-state index contributed by atoms with van der Waals surface area (Å²) in [6, 6.07) is 5.37. The Morgan fingerprint density at radius 3 is 2.00 bits per heavy atom. The molecule has 2 rings (SSSR count). The van der Waals surface area contributed by atoms with Gasteiger partial charge < -0.3 is 4.74 Å². The zero-order valence-electron chi connectivity index (χ0n) is 12.7. The molecule has 0 saturated carbocycles. The number of amides is 2. The number of hydrogen-bond acceptors (Lipinski definition) is 5. The third kappa shape index (κ3) is 2.77. The number of nitrogens with zero attached hydrogens (tertiary/aromatic N) is 1. The lowest BCUT2D eigenvalue weighted by Gasteiger charge is -2.27. The van der Waals surface area contributed by atoms with E-state index in [4.69, 9.17) is 4.74 Å². The molecule has 0 unspecified atom stereocenters. The predicted octanol–water partition coefficient (Wildman–Crippen LogP) is 1.44. The minimum atomic E-state index is -1.05. The number of esters is 1. The number of carbonyl (C=O) groups excluding carboxylic acids is 4. The lowest BCUT2D eigenvalue weighted by molar-refractivity contribution is -0.152. The first kappa shape index (κ1) is 15.9. The molecule has 0 fully saturated rings. The fraction of sp³-hybridized carbons (Fsp3) is 0.375. The minimum Gasteiger partial charge on any atom is -0.456 e. The first-order chi connectivity index (χ1) is 10.3. The van der Waals surface area contributed by atoms with Gasteiger partial charge in [0.05, 0.1) is 11.1 Å². The van der Waals surface area contributed by atoms with Gasteiger partial charge in [-0.05, 0) is 25.0 Å². The Kier molecular flexibility index (Phi) is 4.40. The van der Waals surface area contributed by atoms with Gasteiger partial charge in [-0.1, -0.05) is 26.0 Å². The van der Waals surface area contributed by atoms with Gasteiger partial charge >= 0.3 is 5.97 Å². The van der Waals surface area contributed by atoms with Crippen molar-refractivity contribution in [2.75, 3.05) is 6.61 Å². The Balaban J connectivity index is 2.31. The molecule has 0 radical (unpaired) electrons. The summed E-state index contributed by atoms with van der Waals surface area (Å²) in [5.41, 5.74) is 0.551. The molecule has 116 valence electrons. The number of fused-ring (bicyclic) bond motifs is 1. The largest absolute Gasteiger partial charge is 0.456 e. The molecule has 0 aromatic heterocycles. The van der Waals surface area contributed by atoms with Crippen LogP contribution in [0.4, 0.5) is 0 Å². The van der Waals surface area contributed by atoms with Crippen LogP contribution in [0.1, 0.15) is 41.5 Å². The Hall–Kier alpha value is -2.50. The highest BCUT2D eigenvalue weighted by Crippen LogP contribution is 2.27. The van der Waals surface area contributed by atoms with Crippen LogP contribution in [-0.2, 0) is 14.3 Å². The summed E-state index contributed by atoms with van der Waals surface area (Å²) >= 11 is 0. The van der Waals surface area contributed by atoms with Crippen LogP contribution in [-0.4, -0.2) is 41.1 Å². The van der Waals surface area contributed by atoms with Crippen LogP contribution < -0.4 is 0 Å². The van der Waals surface area contributed by atoms with Crippen molar-refractivity contribution in [3.63, 3.8) is 0 Å². The van der Waals surface area contributed by atoms with E-state index >= 15 is 0 Å². The van der Waals surface area contributed by atoms with Crippen LogP contribution in [0.3, 0.4) is 0 Å². The highest BCUT2D eigenvalue weighted by atomic mass is 16.5. The molecule has 2 amide bonds. The van der Waals surface area contributed by atoms with E-state index in [2.05, 4.69) is 0 Å². The molecular formula is C16H17NO5. The summed E-state index contributed by atoms with van der Waals surface area (Å²) in [6.07, 6.45) is 0. The van der Waals surface area contributed by atoms with Crippen molar-refractivity contribution < 1.29 is 23.9 Å². The molecule has 1 heterocycles. The van der Waals surface area contributed by atoms with Gasteiger partial charge in [0.1, 0.15) is 12.6 Å². The molecule has 1 aliphatic rings. The fourth-order valence-electron chi connectivity index (χ4n) is 2.39. The molecule has 1 atom stereocenters. The van der Waals surface area contributed by atoms with Crippen molar-refractivity contribution in [2.24, 2.45) is 5.92 Å². The van der Waals surface area contributed by atoms with Crippen LogP contribution >= 0.6 is 0 Å². The highest BCUT2D eigenvalue weighted by molar-refractivity contribution is 6.22.